The lowest BCUT2D eigenvalue weighted by Crippen LogP contribution is -2.25. The van der Waals surface area contributed by atoms with Crippen LogP contribution in [-0.2, 0) is 15.4 Å². The molecule has 0 aliphatic rings. The molecule has 0 saturated heterocycles. The first kappa shape index (κ1) is 16.5. The fourth-order valence-corrected chi connectivity index (χ4v) is 2.42. The van der Waals surface area contributed by atoms with Gasteiger partial charge in [-0.25, -0.2) is 4.21 Å². The highest BCUT2D eigenvalue weighted by Gasteiger charge is 2.06. The zero-order valence-electron chi connectivity index (χ0n) is 12.7. The zero-order chi connectivity index (χ0) is 15.9. The third-order valence-electron chi connectivity index (χ3n) is 3.01. The minimum Gasteiger partial charge on any atom is -0.490 e. The SMILES string of the molecule is CN(CCOc1ccc(-c2ccccc2)cc1N)OS(C)=O. The lowest BCUT2D eigenvalue weighted by Gasteiger charge is -2.15. The molecule has 2 aromatic rings. The van der Waals surface area contributed by atoms with Gasteiger partial charge in [-0.3, -0.25) is 0 Å². The molecule has 2 rings (SSSR count). The summed E-state index contributed by atoms with van der Waals surface area (Å²) in [5, 5.41) is 1.48. The van der Waals surface area contributed by atoms with Gasteiger partial charge in [0, 0.05) is 13.3 Å². The molecular formula is C16H20N2O3S. The minimum atomic E-state index is -1.33. The molecule has 2 N–H and O–H groups in total. The Morgan fingerprint density at radius 1 is 1.14 bits per heavy atom. The molecule has 0 amide bonds. The summed E-state index contributed by atoms with van der Waals surface area (Å²) in [7, 11) is 1.70. The van der Waals surface area contributed by atoms with Crippen molar-refractivity contribution in [1.29, 1.82) is 0 Å². The second-order valence-corrected chi connectivity index (χ2v) is 5.75. The number of nitrogen functional groups attached to an aromatic ring is 1. The Morgan fingerprint density at radius 2 is 1.86 bits per heavy atom. The molecule has 0 aliphatic carbocycles. The zero-order valence-corrected chi connectivity index (χ0v) is 13.5. The minimum absolute atomic E-state index is 0.391. The fourth-order valence-electron chi connectivity index (χ4n) is 1.99. The predicted molar refractivity (Wildman–Crippen MR) is 89.6 cm³/mol. The summed E-state index contributed by atoms with van der Waals surface area (Å²) in [4.78, 5) is 0. The summed E-state index contributed by atoms with van der Waals surface area (Å²) in [5.41, 5.74) is 8.78. The molecule has 2 aromatic carbocycles. The molecule has 0 fully saturated rings. The van der Waals surface area contributed by atoms with Gasteiger partial charge in [0.2, 0.25) is 0 Å². The maximum atomic E-state index is 10.9. The lowest BCUT2D eigenvalue weighted by atomic mass is 10.1. The van der Waals surface area contributed by atoms with Gasteiger partial charge in [0.05, 0.1) is 12.2 Å². The summed E-state index contributed by atoms with van der Waals surface area (Å²) >= 11 is -1.33. The van der Waals surface area contributed by atoms with Gasteiger partial charge in [0.25, 0.3) is 0 Å². The van der Waals surface area contributed by atoms with Gasteiger partial charge < -0.3 is 10.5 Å². The van der Waals surface area contributed by atoms with Crippen molar-refractivity contribution in [1.82, 2.24) is 5.06 Å². The molecule has 0 bridgehead atoms. The Bertz CT molecular complexity index is 635. The van der Waals surface area contributed by atoms with Crippen molar-refractivity contribution in [3.8, 4) is 16.9 Å². The van der Waals surface area contributed by atoms with Gasteiger partial charge >= 0.3 is 0 Å². The van der Waals surface area contributed by atoms with E-state index in [9.17, 15) is 4.21 Å². The first-order valence-electron chi connectivity index (χ1n) is 6.87. The molecule has 6 heteroatoms. The van der Waals surface area contributed by atoms with Gasteiger partial charge in [0.1, 0.15) is 12.4 Å². The highest BCUT2D eigenvalue weighted by Crippen LogP contribution is 2.28. The largest absolute Gasteiger partial charge is 0.490 e. The third-order valence-corrected chi connectivity index (χ3v) is 3.48. The second kappa shape index (κ2) is 7.93. The number of hydrogen-bond acceptors (Lipinski definition) is 5. The lowest BCUT2D eigenvalue weighted by molar-refractivity contribution is -0.0246. The molecule has 0 aliphatic heterocycles. The Hall–Kier alpha value is -1.89. The number of likely N-dealkylation sites (N-methyl/N-ethyl adjacent to an activating group) is 1. The highest BCUT2D eigenvalue weighted by atomic mass is 32.2. The average Bonchev–Trinajstić information content (AvgIpc) is 2.49. The van der Waals surface area contributed by atoms with Crippen molar-refractivity contribution >= 4 is 16.8 Å². The van der Waals surface area contributed by atoms with Gasteiger partial charge in [0.15, 0.2) is 11.1 Å². The number of nitrogens with zero attached hydrogens (tertiary/aromatic N) is 1. The van der Waals surface area contributed by atoms with Crippen molar-refractivity contribution in [2.45, 2.75) is 0 Å². The molecule has 0 saturated carbocycles. The van der Waals surface area contributed by atoms with E-state index in [0.717, 1.165) is 11.1 Å². The van der Waals surface area contributed by atoms with Crippen molar-refractivity contribution in [3.05, 3.63) is 48.5 Å². The van der Waals surface area contributed by atoms with Crippen LogP contribution in [0.2, 0.25) is 0 Å². The van der Waals surface area contributed by atoms with E-state index in [0.29, 0.717) is 24.6 Å². The molecule has 0 radical (unpaired) electrons. The van der Waals surface area contributed by atoms with Crippen LogP contribution in [0.15, 0.2) is 48.5 Å². The molecule has 0 spiro atoms. The summed E-state index contributed by atoms with van der Waals surface area (Å²) in [5.74, 6) is 0.630. The molecule has 0 heterocycles. The van der Waals surface area contributed by atoms with E-state index < -0.39 is 11.1 Å². The van der Waals surface area contributed by atoms with Crippen LogP contribution in [0, 0.1) is 0 Å². The Balaban J connectivity index is 1.94. The van der Waals surface area contributed by atoms with Crippen LogP contribution >= 0.6 is 0 Å². The summed E-state index contributed by atoms with van der Waals surface area (Å²) < 4.78 is 21.5. The molecule has 22 heavy (non-hydrogen) atoms. The van der Waals surface area contributed by atoms with E-state index in [-0.39, 0.29) is 0 Å². The molecule has 0 aromatic heterocycles. The van der Waals surface area contributed by atoms with E-state index in [1.165, 1.54) is 11.3 Å². The van der Waals surface area contributed by atoms with Crippen LogP contribution in [-0.4, -0.2) is 35.7 Å². The highest BCUT2D eigenvalue weighted by molar-refractivity contribution is 7.79. The average molecular weight is 320 g/mol. The Morgan fingerprint density at radius 3 is 2.50 bits per heavy atom. The van der Waals surface area contributed by atoms with Crippen LogP contribution in [0.5, 0.6) is 5.75 Å². The van der Waals surface area contributed by atoms with E-state index in [2.05, 4.69) is 0 Å². The van der Waals surface area contributed by atoms with Crippen LogP contribution in [0.25, 0.3) is 11.1 Å². The first-order chi connectivity index (χ1) is 10.6. The van der Waals surface area contributed by atoms with Crippen molar-refractivity contribution in [2.75, 3.05) is 32.2 Å². The van der Waals surface area contributed by atoms with E-state index in [4.69, 9.17) is 14.8 Å². The van der Waals surface area contributed by atoms with Gasteiger partial charge in [-0.2, -0.15) is 9.35 Å². The van der Waals surface area contributed by atoms with Gasteiger partial charge in [-0.1, -0.05) is 36.4 Å². The quantitative estimate of drug-likeness (QED) is 0.627. The van der Waals surface area contributed by atoms with Gasteiger partial charge in [-0.05, 0) is 23.3 Å². The van der Waals surface area contributed by atoms with E-state index in [1.54, 1.807) is 7.05 Å². The maximum absolute atomic E-state index is 10.9. The standard InChI is InChI=1S/C16H20N2O3S/c1-18(21-22(2)19)10-11-20-16-9-8-14(12-15(16)17)13-6-4-3-5-7-13/h3-9,12H,10-11,17H2,1-2H3. The topological polar surface area (TPSA) is 64.8 Å². The number of anilines is 1. The van der Waals surface area contributed by atoms with Crippen LogP contribution in [0.1, 0.15) is 0 Å². The monoisotopic (exact) mass is 320 g/mol. The summed E-state index contributed by atoms with van der Waals surface area (Å²) in [6, 6.07) is 15.8. The van der Waals surface area contributed by atoms with E-state index in [1.807, 2.05) is 48.5 Å². The molecule has 1 unspecified atom stereocenters. The van der Waals surface area contributed by atoms with E-state index >= 15 is 0 Å². The van der Waals surface area contributed by atoms with Crippen molar-refractivity contribution in [2.24, 2.45) is 0 Å². The van der Waals surface area contributed by atoms with Crippen molar-refractivity contribution < 1.29 is 13.2 Å². The van der Waals surface area contributed by atoms with Crippen LogP contribution in [0.4, 0.5) is 5.69 Å². The smallest absolute Gasteiger partial charge is 0.170 e. The number of ether oxygens (including phenoxy) is 1. The molecule has 118 valence electrons. The maximum Gasteiger partial charge on any atom is 0.170 e. The first-order valence-corrected chi connectivity index (χ1v) is 8.35. The second-order valence-electron chi connectivity index (χ2n) is 4.79. The van der Waals surface area contributed by atoms with Crippen molar-refractivity contribution in [3.63, 3.8) is 0 Å². The fraction of sp³-hybridized carbons (Fsp3) is 0.250. The molecule has 5 nitrogen and oxygen atoms in total. The van der Waals surface area contributed by atoms with Crippen LogP contribution < -0.4 is 10.5 Å². The van der Waals surface area contributed by atoms with Gasteiger partial charge in [-0.15, -0.1) is 0 Å². The third kappa shape index (κ3) is 4.84. The molecule has 1 atom stereocenters. The van der Waals surface area contributed by atoms with Crippen LogP contribution in [0.3, 0.4) is 0 Å². The normalized spacial score (nSPS) is 12.3. The number of rotatable bonds is 7. The number of nitrogens with two attached hydrogens (primary N) is 1. The number of hydrogen-bond donors (Lipinski definition) is 1. The number of benzene rings is 2. The summed E-state index contributed by atoms with van der Waals surface area (Å²) in [6.45, 7) is 0.877. The Kier molecular flexibility index (Phi) is 5.94. The Labute approximate surface area is 133 Å². The summed E-state index contributed by atoms with van der Waals surface area (Å²) in [6.07, 6.45) is 1.47. The molecular weight excluding hydrogens is 300 g/mol. The number of hydroxylamine groups is 2. The predicted octanol–water partition coefficient (Wildman–Crippen LogP) is 2.47.